The van der Waals surface area contributed by atoms with Crippen LogP contribution in [0.3, 0.4) is 0 Å². The first-order chi connectivity index (χ1) is 11.0. The standard InChI is InChI=1S/C18H20BrNO3/c1-4-22-16-10-9-13(11-14(16)19)18(21)20-15-7-5-6-8-17(15)23-12(2)3/h5-12H,4H2,1-3H3,(H,20,21). The van der Waals surface area contributed by atoms with Crippen LogP contribution < -0.4 is 14.8 Å². The summed E-state index contributed by atoms with van der Waals surface area (Å²) in [5.41, 5.74) is 1.19. The average molecular weight is 378 g/mol. The largest absolute Gasteiger partial charge is 0.493 e. The van der Waals surface area contributed by atoms with Crippen LogP contribution in [0.4, 0.5) is 5.69 Å². The number of rotatable bonds is 6. The van der Waals surface area contributed by atoms with E-state index in [1.54, 1.807) is 18.2 Å². The maximum absolute atomic E-state index is 12.4. The summed E-state index contributed by atoms with van der Waals surface area (Å²) < 4.78 is 11.9. The third-order valence-corrected chi connectivity index (χ3v) is 3.61. The highest BCUT2D eigenvalue weighted by Gasteiger charge is 2.12. The molecule has 0 fully saturated rings. The van der Waals surface area contributed by atoms with Crippen molar-refractivity contribution < 1.29 is 14.3 Å². The van der Waals surface area contributed by atoms with E-state index in [9.17, 15) is 4.79 Å². The third-order valence-electron chi connectivity index (χ3n) is 2.99. The summed E-state index contributed by atoms with van der Waals surface area (Å²) in [6.07, 6.45) is 0.0349. The van der Waals surface area contributed by atoms with Crippen molar-refractivity contribution >= 4 is 27.5 Å². The van der Waals surface area contributed by atoms with Gasteiger partial charge in [0.2, 0.25) is 0 Å². The number of carbonyl (C=O) groups is 1. The molecule has 0 aliphatic carbocycles. The minimum absolute atomic E-state index is 0.0349. The summed E-state index contributed by atoms with van der Waals surface area (Å²) in [7, 11) is 0. The van der Waals surface area contributed by atoms with Gasteiger partial charge in [-0.15, -0.1) is 0 Å². The average Bonchev–Trinajstić information content (AvgIpc) is 2.51. The van der Waals surface area contributed by atoms with Gasteiger partial charge in [0.05, 0.1) is 22.9 Å². The molecule has 1 amide bonds. The molecule has 0 bridgehead atoms. The Hall–Kier alpha value is -2.01. The summed E-state index contributed by atoms with van der Waals surface area (Å²) in [5.74, 6) is 1.17. The fraction of sp³-hybridized carbons (Fsp3) is 0.278. The Morgan fingerprint density at radius 1 is 1.17 bits per heavy atom. The van der Waals surface area contributed by atoms with Crippen LogP contribution in [0.2, 0.25) is 0 Å². The van der Waals surface area contributed by atoms with Gasteiger partial charge in [-0.2, -0.15) is 0 Å². The van der Waals surface area contributed by atoms with Crippen LogP contribution in [-0.4, -0.2) is 18.6 Å². The minimum atomic E-state index is -0.200. The number of para-hydroxylation sites is 2. The monoisotopic (exact) mass is 377 g/mol. The second kappa shape index (κ2) is 8.02. The molecule has 0 atom stereocenters. The summed E-state index contributed by atoms with van der Waals surface area (Å²) in [5, 5.41) is 2.89. The van der Waals surface area contributed by atoms with Crippen molar-refractivity contribution in [3.63, 3.8) is 0 Å². The molecule has 0 aliphatic rings. The van der Waals surface area contributed by atoms with Gasteiger partial charge >= 0.3 is 0 Å². The minimum Gasteiger partial charge on any atom is -0.493 e. The molecule has 0 saturated carbocycles. The SMILES string of the molecule is CCOc1ccc(C(=O)Nc2ccccc2OC(C)C)cc1Br. The van der Waals surface area contributed by atoms with Crippen LogP contribution in [0, 0.1) is 0 Å². The number of anilines is 1. The van der Waals surface area contributed by atoms with Crippen LogP contribution in [-0.2, 0) is 0 Å². The van der Waals surface area contributed by atoms with E-state index in [-0.39, 0.29) is 12.0 Å². The first kappa shape index (κ1) is 17.3. The predicted octanol–water partition coefficient (Wildman–Crippen LogP) is 4.89. The lowest BCUT2D eigenvalue weighted by Gasteiger charge is -2.15. The fourth-order valence-corrected chi connectivity index (χ4v) is 2.53. The van der Waals surface area contributed by atoms with Crippen molar-refractivity contribution in [3.05, 3.63) is 52.5 Å². The number of amides is 1. The van der Waals surface area contributed by atoms with E-state index < -0.39 is 0 Å². The third kappa shape index (κ3) is 4.73. The van der Waals surface area contributed by atoms with E-state index in [1.807, 2.05) is 45.0 Å². The first-order valence-electron chi connectivity index (χ1n) is 7.50. The Morgan fingerprint density at radius 2 is 1.91 bits per heavy atom. The highest BCUT2D eigenvalue weighted by atomic mass is 79.9. The normalized spacial score (nSPS) is 10.5. The number of carbonyl (C=O) groups excluding carboxylic acids is 1. The number of hydrogen-bond acceptors (Lipinski definition) is 3. The van der Waals surface area contributed by atoms with Crippen LogP contribution >= 0.6 is 15.9 Å². The lowest BCUT2D eigenvalue weighted by atomic mass is 10.2. The van der Waals surface area contributed by atoms with E-state index in [0.29, 0.717) is 29.4 Å². The van der Waals surface area contributed by atoms with Crippen molar-refractivity contribution in [1.29, 1.82) is 0 Å². The van der Waals surface area contributed by atoms with Gasteiger partial charge in [-0.1, -0.05) is 12.1 Å². The van der Waals surface area contributed by atoms with E-state index in [1.165, 1.54) is 0 Å². The first-order valence-corrected chi connectivity index (χ1v) is 8.30. The molecule has 0 radical (unpaired) electrons. The van der Waals surface area contributed by atoms with Crippen LogP contribution in [0.15, 0.2) is 46.9 Å². The molecule has 2 aromatic rings. The molecule has 2 aromatic carbocycles. The molecule has 0 unspecified atom stereocenters. The van der Waals surface area contributed by atoms with Gasteiger partial charge in [-0.05, 0) is 67.0 Å². The Morgan fingerprint density at radius 3 is 2.57 bits per heavy atom. The maximum atomic E-state index is 12.4. The molecule has 4 nitrogen and oxygen atoms in total. The van der Waals surface area contributed by atoms with E-state index in [4.69, 9.17) is 9.47 Å². The Balaban J connectivity index is 2.18. The highest BCUT2D eigenvalue weighted by Crippen LogP contribution is 2.28. The summed E-state index contributed by atoms with van der Waals surface area (Å²) in [6, 6.07) is 12.6. The fourth-order valence-electron chi connectivity index (χ4n) is 2.04. The van der Waals surface area contributed by atoms with E-state index >= 15 is 0 Å². The number of ether oxygens (including phenoxy) is 2. The van der Waals surface area contributed by atoms with Crippen molar-refractivity contribution in [1.82, 2.24) is 0 Å². The lowest BCUT2D eigenvalue weighted by molar-refractivity contribution is 0.102. The number of benzene rings is 2. The molecular weight excluding hydrogens is 358 g/mol. The molecule has 1 N–H and O–H groups in total. The summed E-state index contributed by atoms with van der Waals surface area (Å²) in [4.78, 5) is 12.4. The molecule has 23 heavy (non-hydrogen) atoms. The molecular formula is C18H20BrNO3. The quantitative estimate of drug-likeness (QED) is 0.779. The number of nitrogens with one attached hydrogen (secondary N) is 1. The highest BCUT2D eigenvalue weighted by molar-refractivity contribution is 9.10. The summed E-state index contributed by atoms with van der Waals surface area (Å²) >= 11 is 3.42. The van der Waals surface area contributed by atoms with Gasteiger partial charge in [0.25, 0.3) is 5.91 Å². The topological polar surface area (TPSA) is 47.6 Å². The Labute approximate surface area is 144 Å². The maximum Gasteiger partial charge on any atom is 0.255 e. The smallest absolute Gasteiger partial charge is 0.255 e. The number of hydrogen-bond donors (Lipinski definition) is 1. The second-order valence-corrected chi connectivity index (χ2v) is 6.05. The van der Waals surface area contributed by atoms with Crippen molar-refractivity contribution in [2.45, 2.75) is 26.9 Å². The van der Waals surface area contributed by atoms with E-state index in [0.717, 1.165) is 4.47 Å². The zero-order chi connectivity index (χ0) is 16.8. The Bertz CT molecular complexity index is 686. The Kier molecular flexibility index (Phi) is 6.04. The van der Waals surface area contributed by atoms with Crippen molar-refractivity contribution in [2.75, 3.05) is 11.9 Å². The molecule has 122 valence electrons. The van der Waals surface area contributed by atoms with Gasteiger partial charge in [0, 0.05) is 5.56 Å². The second-order valence-electron chi connectivity index (χ2n) is 5.20. The van der Waals surface area contributed by atoms with Gasteiger partial charge in [0.1, 0.15) is 11.5 Å². The molecule has 0 heterocycles. The van der Waals surface area contributed by atoms with Gasteiger partial charge < -0.3 is 14.8 Å². The predicted molar refractivity (Wildman–Crippen MR) is 95.5 cm³/mol. The van der Waals surface area contributed by atoms with Crippen molar-refractivity contribution in [2.24, 2.45) is 0 Å². The van der Waals surface area contributed by atoms with Crippen LogP contribution in [0.5, 0.6) is 11.5 Å². The molecule has 2 rings (SSSR count). The van der Waals surface area contributed by atoms with Crippen LogP contribution in [0.25, 0.3) is 0 Å². The van der Waals surface area contributed by atoms with E-state index in [2.05, 4.69) is 21.2 Å². The molecule has 5 heteroatoms. The van der Waals surface area contributed by atoms with Crippen LogP contribution in [0.1, 0.15) is 31.1 Å². The van der Waals surface area contributed by atoms with Crippen molar-refractivity contribution in [3.8, 4) is 11.5 Å². The van der Waals surface area contributed by atoms with Gasteiger partial charge in [-0.25, -0.2) is 0 Å². The number of halogens is 1. The zero-order valence-corrected chi connectivity index (χ0v) is 15.0. The molecule has 0 aromatic heterocycles. The van der Waals surface area contributed by atoms with Gasteiger partial charge in [-0.3, -0.25) is 4.79 Å². The molecule has 0 aliphatic heterocycles. The summed E-state index contributed by atoms with van der Waals surface area (Å²) in [6.45, 7) is 6.38. The van der Waals surface area contributed by atoms with Gasteiger partial charge in [0.15, 0.2) is 0 Å². The lowest BCUT2D eigenvalue weighted by Crippen LogP contribution is -2.14. The molecule has 0 saturated heterocycles. The molecule has 0 spiro atoms. The zero-order valence-electron chi connectivity index (χ0n) is 13.4.